The molecule has 0 atom stereocenters. The smallest absolute Gasteiger partial charge is 0.231 e. The highest BCUT2D eigenvalue weighted by Gasteiger charge is 2.20. The fraction of sp³-hybridized carbons (Fsp3) is 0.353. The normalized spacial score (nSPS) is 13.5. The molecule has 1 aliphatic heterocycles. The molecule has 0 fully saturated rings. The summed E-state index contributed by atoms with van der Waals surface area (Å²) >= 11 is 0. The van der Waals surface area contributed by atoms with Crippen molar-refractivity contribution in [2.24, 2.45) is 0 Å². The Kier molecular flexibility index (Phi) is 3.30. The van der Waals surface area contributed by atoms with Crippen LogP contribution in [0.4, 0.5) is 5.82 Å². The molecule has 0 unspecified atom stereocenters. The molecule has 0 spiro atoms. The number of benzene rings is 1. The third-order valence-electron chi connectivity index (χ3n) is 3.93. The van der Waals surface area contributed by atoms with Gasteiger partial charge in [0.05, 0.1) is 17.1 Å². The van der Waals surface area contributed by atoms with E-state index >= 15 is 0 Å². The predicted molar refractivity (Wildman–Crippen MR) is 90.2 cm³/mol. The van der Waals surface area contributed by atoms with Crippen LogP contribution in [0, 0.1) is 0 Å². The Bertz CT molecular complexity index is 898. The number of para-hydroxylation sites is 1. The van der Waals surface area contributed by atoms with Gasteiger partial charge < -0.3 is 14.8 Å². The van der Waals surface area contributed by atoms with Crippen LogP contribution in [0.2, 0.25) is 0 Å². The van der Waals surface area contributed by atoms with Gasteiger partial charge in [0.15, 0.2) is 17.1 Å². The zero-order chi connectivity index (χ0) is 16.7. The molecule has 0 saturated carbocycles. The second-order valence-electron chi connectivity index (χ2n) is 6.69. The van der Waals surface area contributed by atoms with E-state index in [9.17, 15) is 0 Å². The minimum Gasteiger partial charge on any atom is -0.454 e. The largest absolute Gasteiger partial charge is 0.454 e. The van der Waals surface area contributed by atoms with Crippen molar-refractivity contribution < 1.29 is 9.47 Å². The zero-order valence-electron chi connectivity index (χ0n) is 13.9. The third-order valence-corrected chi connectivity index (χ3v) is 3.93. The number of hydrogen-bond acceptors (Lipinski definition) is 6. The van der Waals surface area contributed by atoms with Crippen LogP contribution in [0.1, 0.15) is 26.3 Å². The molecule has 3 aromatic rings. The average molecular weight is 325 g/mol. The second-order valence-corrected chi connectivity index (χ2v) is 6.69. The van der Waals surface area contributed by atoms with E-state index in [4.69, 9.17) is 9.47 Å². The number of rotatable bonds is 3. The Hall–Kier alpha value is -2.83. The summed E-state index contributed by atoms with van der Waals surface area (Å²) in [6, 6.07) is 5.87. The maximum Gasteiger partial charge on any atom is 0.231 e. The lowest BCUT2D eigenvalue weighted by atomic mass is 10.1. The molecule has 0 aliphatic carbocycles. The van der Waals surface area contributed by atoms with Gasteiger partial charge in [-0.2, -0.15) is 5.10 Å². The highest BCUT2D eigenvalue weighted by atomic mass is 16.7. The number of ether oxygens (including phenoxy) is 2. The number of hydrogen-bond donors (Lipinski definition) is 1. The molecule has 124 valence electrons. The Labute approximate surface area is 139 Å². The van der Waals surface area contributed by atoms with E-state index in [2.05, 4.69) is 41.2 Å². The molecule has 7 heteroatoms. The van der Waals surface area contributed by atoms with Gasteiger partial charge in [0.1, 0.15) is 12.1 Å². The van der Waals surface area contributed by atoms with Gasteiger partial charge in [0.2, 0.25) is 6.79 Å². The average Bonchev–Trinajstić information content (AvgIpc) is 3.18. The summed E-state index contributed by atoms with van der Waals surface area (Å²) < 4.78 is 12.9. The molecule has 7 nitrogen and oxygen atoms in total. The fourth-order valence-corrected chi connectivity index (χ4v) is 2.78. The van der Waals surface area contributed by atoms with Crippen molar-refractivity contribution in [2.45, 2.75) is 32.9 Å². The van der Waals surface area contributed by atoms with E-state index < -0.39 is 0 Å². The van der Waals surface area contributed by atoms with Crippen molar-refractivity contribution in [3.05, 3.63) is 36.3 Å². The van der Waals surface area contributed by atoms with E-state index in [0.717, 1.165) is 33.9 Å². The van der Waals surface area contributed by atoms with Crippen molar-refractivity contribution in [3.63, 3.8) is 0 Å². The molecular weight excluding hydrogens is 306 g/mol. The van der Waals surface area contributed by atoms with Crippen LogP contribution in [0.5, 0.6) is 11.5 Å². The van der Waals surface area contributed by atoms with Crippen molar-refractivity contribution in [1.29, 1.82) is 0 Å². The molecule has 3 heterocycles. The number of aromatic nitrogens is 4. The standard InChI is InChI=1S/C17H19N5O2/c1-17(2,3)22-16-12(8-21-22)15(19-9-20-16)18-7-11-5-4-6-13-14(11)24-10-23-13/h4-6,8-9H,7,10H2,1-3H3,(H,18,19,20). The number of anilines is 1. The second kappa shape index (κ2) is 5.36. The lowest BCUT2D eigenvalue weighted by molar-refractivity contribution is 0.173. The minimum atomic E-state index is -0.140. The summed E-state index contributed by atoms with van der Waals surface area (Å²) in [5.41, 5.74) is 1.71. The number of fused-ring (bicyclic) bond motifs is 2. The molecule has 2 aromatic heterocycles. The van der Waals surface area contributed by atoms with Gasteiger partial charge in [-0.15, -0.1) is 0 Å². The van der Waals surface area contributed by atoms with Gasteiger partial charge in [0, 0.05) is 12.1 Å². The molecule has 24 heavy (non-hydrogen) atoms. The maximum atomic E-state index is 5.54. The lowest BCUT2D eigenvalue weighted by Gasteiger charge is -2.19. The van der Waals surface area contributed by atoms with Gasteiger partial charge >= 0.3 is 0 Å². The summed E-state index contributed by atoms with van der Waals surface area (Å²) in [4.78, 5) is 8.75. The summed E-state index contributed by atoms with van der Waals surface area (Å²) in [6.07, 6.45) is 3.36. The van der Waals surface area contributed by atoms with Crippen LogP contribution in [-0.4, -0.2) is 26.5 Å². The molecule has 1 N–H and O–H groups in total. The van der Waals surface area contributed by atoms with Gasteiger partial charge in [-0.25, -0.2) is 14.6 Å². The first-order valence-electron chi connectivity index (χ1n) is 7.84. The Morgan fingerprint density at radius 2 is 2.08 bits per heavy atom. The Morgan fingerprint density at radius 1 is 1.21 bits per heavy atom. The van der Waals surface area contributed by atoms with E-state index in [1.54, 1.807) is 12.5 Å². The molecule has 1 aromatic carbocycles. The zero-order valence-corrected chi connectivity index (χ0v) is 13.9. The predicted octanol–water partition coefficient (Wildman–Crippen LogP) is 2.92. The molecule has 0 bridgehead atoms. The number of nitrogens with one attached hydrogen (secondary N) is 1. The van der Waals surface area contributed by atoms with Crippen molar-refractivity contribution in [2.75, 3.05) is 12.1 Å². The van der Waals surface area contributed by atoms with Gasteiger partial charge in [0.25, 0.3) is 0 Å². The molecule has 4 rings (SSSR count). The first-order valence-corrected chi connectivity index (χ1v) is 7.84. The van der Waals surface area contributed by atoms with Crippen molar-refractivity contribution in [3.8, 4) is 11.5 Å². The van der Waals surface area contributed by atoms with Crippen molar-refractivity contribution in [1.82, 2.24) is 19.7 Å². The molecule has 0 amide bonds. The van der Waals surface area contributed by atoms with E-state index in [0.29, 0.717) is 6.54 Å². The quantitative estimate of drug-likeness (QED) is 0.798. The Balaban J connectivity index is 1.64. The monoisotopic (exact) mass is 325 g/mol. The van der Waals surface area contributed by atoms with Crippen molar-refractivity contribution >= 4 is 16.9 Å². The van der Waals surface area contributed by atoms with E-state index in [1.165, 1.54) is 0 Å². The Morgan fingerprint density at radius 3 is 2.92 bits per heavy atom. The summed E-state index contributed by atoms with van der Waals surface area (Å²) in [6.45, 7) is 7.14. The summed E-state index contributed by atoms with van der Waals surface area (Å²) in [7, 11) is 0. The molecule has 0 radical (unpaired) electrons. The molecular formula is C17H19N5O2. The van der Waals surface area contributed by atoms with Crippen LogP contribution in [0.25, 0.3) is 11.0 Å². The van der Waals surface area contributed by atoms with Gasteiger partial charge in [-0.3, -0.25) is 0 Å². The highest BCUT2D eigenvalue weighted by molar-refractivity contribution is 5.86. The van der Waals surface area contributed by atoms with Crippen LogP contribution in [0.3, 0.4) is 0 Å². The first kappa shape index (κ1) is 14.7. The lowest BCUT2D eigenvalue weighted by Crippen LogP contribution is -2.23. The van der Waals surface area contributed by atoms with E-state index in [-0.39, 0.29) is 12.3 Å². The first-order chi connectivity index (χ1) is 11.5. The summed E-state index contributed by atoms with van der Waals surface area (Å²) in [5, 5.41) is 8.73. The van der Waals surface area contributed by atoms with Crippen LogP contribution < -0.4 is 14.8 Å². The van der Waals surface area contributed by atoms with Gasteiger partial charge in [-0.05, 0) is 26.8 Å². The van der Waals surface area contributed by atoms with E-state index in [1.807, 2.05) is 22.9 Å². The third kappa shape index (κ3) is 2.42. The van der Waals surface area contributed by atoms with Crippen LogP contribution in [0.15, 0.2) is 30.7 Å². The van der Waals surface area contributed by atoms with Crippen LogP contribution >= 0.6 is 0 Å². The molecule has 1 aliphatic rings. The molecule has 0 saturated heterocycles. The fourth-order valence-electron chi connectivity index (χ4n) is 2.78. The minimum absolute atomic E-state index is 0.140. The summed E-state index contributed by atoms with van der Waals surface area (Å²) in [5.74, 6) is 2.33. The van der Waals surface area contributed by atoms with Gasteiger partial charge in [-0.1, -0.05) is 12.1 Å². The van der Waals surface area contributed by atoms with Crippen LogP contribution in [-0.2, 0) is 12.1 Å². The highest BCUT2D eigenvalue weighted by Crippen LogP contribution is 2.35. The topological polar surface area (TPSA) is 74.1 Å². The maximum absolute atomic E-state index is 5.54. The number of nitrogens with zero attached hydrogens (tertiary/aromatic N) is 4. The SMILES string of the molecule is CC(C)(C)n1ncc2c(NCc3cccc4c3OCO4)ncnc21.